The van der Waals surface area contributed by atoms with E-state index in [1.54, 1.807) is 37.3 Å². The van der Waals surface area contributed by atoms with Crippen molar-refractivity contribution in [3.8, 4) is 0 Å². The molecule has 7 heteroatoms. The van der Waals surface area contributed by atoms with E-state index in [1.807, 2.05) is 0 Å². The lowest BCUT2D eigenvalue weighted by atomic mass is 10.0. The standard InChI is InChI=1S/C20H16F2N4O/c1-11-16(15-7-4-13(21)8-17(15)22)9-19-24-18(10-20(27)26(19)25-11)12-2-5-14(23)6-3-12/h2-10,24-25H,23H2,1H3. The number of halogens is 2. The highest BCUT2D eigenvalue weighted by Gasteiger charge is 2.28. The van der Waals surface area contributed by atoms with Crippen LogP contribution in [-0.4, -0.2) is 10.9 Å². The highest BCUT2D eigenvalue weighted by molar-refractivity contribution is 5.99. The molecule has 136 valence electrons. The monoisotopic (exact) mass is 366 g/mol. The normalized spacial score (nSPS) is 16.3. The van der Waals surface area contributed by atoms with E-state index < -0.39 is 11.6 Å². The Morgan fingerprint density at radius 2 is 1.78 bits per heavy atom. The summed E-state index contributed by atoms with van der Waals surface area (Å²) < 4.78 is 27.5. The molecule has 0 saturated carbocycles. The van der Waals surface area contributed by atoms with Gasteiger partial charge in [-0.05, 0) is 42.8 Å². The van der Waals surface area contributed by atoms with Crippen LogP contribution in [0, 0.1) is 11.6 Å². The minimum absolute atomic E-state index is 0.242. The third-order valence-electron chi connectivity index (χ3n) is 4.40. The number of carbonyl (C=O) groups excluding carboxylic acids is 1. The molecule has 0 spiro atoms. The molecule has 0 bridgehead atoms. The molecular weight excluding hydrogens is 350 g/mol. The zero-order valence-corrected chi connectivity index (χ0v) is 14.4. The zero-order chi connectivity index (χ0) is 19.1. The van der Waals surface area contributed by atoms with E-state index in [0.29, 0.717) is 28.5 Å². The lowest BCUT2D eigenvalue weighted by Crippen LogP contribution is -2.49. The third kappa shape index (κ3) is 3.03. The minimum Gasteiger partial charge on any atom is -0.399 e. The molecule has 1 amide bonds. The molecule has 4 rings (SSSR count). The maximum absolute atomic E-state index is 14.2. The number of nitrogens with zero attached hydrogens (tertiary/aromatic N) is 1. The van der Waals surface area contributed by atoms with Crippen LogP contribution in [0.3, 0.4) is 0 Å². The summed E-state index contributed by atoms with van der Waals surface area (Å²) in [6, 6.07) is 10.5. The Morgan fingerprint density at radius 3 is 2.48 bits per heavy atom. The summed E-state index contributed by atoms with van der Waals surface area (Å²) in [4.78, 5) is 12.5. The number of anilines is 1. The largest absolute Gasteiger partial charge is 0.399 e. The molecule has 27 heavy (non-hydrogen) atoms. The quantitative estimate of drug-likeness (QED) is 0.715. The van der Waals surface area contributed by atoms with Crippen LogP contribution in [0.15, 0.2) is 66.1 Å². The van der Waals surface area contributed by atoms with Gasteiger partial charge >= 0.3 is 0 Å². The molecule has 0 fully saturated rings. The van der Waals surface area contributed by atoms with Crippen molar-refractivity contribution >= 4 is 22.9 Å². The van der Waals surface area contributed by atoms with E-state index in [2.05, 4.69) is 10.7 Å². The summed E-state index contributed by atoms with van der Waals surface area (Å²) >= 11 is 0. The number of amides is 1. The first-order valence-corrected chi connectivity index (χ1v) is 8.26. The number of hydrogen-bond donors (Lipinski definition) is 3. The predicted molar refractivity (Wildman–Crippen MR) is 99.0 cm³/mol. The van der Waals surface area contributed by atoms with Crippen molar-refractivity contribution in [2.75, 3.05) is 5.73 Å². The third-order valence-corrected chi connectivity index (χ3v) is 4.40. The fourth-order valence-electron chi connectivity index (χ4n) is 3.03. The van der Waals surface area contributed by atoms with Gasteiger partial charge in [-0.15, -0.1) is 0 Å². The van der Waals surface area contributed by atoms with Gasteiger partial charge in [-0.3, -0.25) is 10.2 Å². The van der Waals surface area contributed by atoms with Crippen LogP contribution in [-0.2, 0) is 4.79 Å². The number of nitrogens with one attached hydrogen (secondary N) is 2. The number of fused-ring (bicyclic) bond motifs is 1. The van der Waals surface area contributed by atoms with Crippen molar-refractivity contribution in [3.63, 3.8) is 0 Å². The van der Waals surface area contributed by atoms with Crippen LogP contribution >= 0.6 is 0 Å². The number of nitrogens with two attached hydrogens (primary N) is 1. The van der Waals surface area contributed by atoms with Gasteiger partial charge in [0, 0.05) is 34.7 Å². The van der Waals surface area contributed by atoms with Gasteiger partial charge in [-0.2, -0.15) is 0 Å². The molecule has 2 aliphatic rings. The average molecular weight is 366 g/mol. The zero-order valence-electron chi connectivity index (χ0n) is 14.4. The molecule has 2 heterocycles. The van der Waals surface area contributed by atoms with E-state index in [1.165, 1.54) is 23.2 Å². The van der Waals surface area contributed by atoms with Gasteiger partial charge in [0.2, 0.25) is 0 Å². The Labute approximate surface area is 154 Å². The van der Waals surface area contributed by atoms with Crippen molar-refractivity contribution in [3.05, 3.63) is 88.9 Å². The van der Waals surface area contributed by atoms with Crippen molar-refractivity contribution in [2.45, 2.75) is 6.92 Å². The van der Waals surface area contributed by atoms with E-state index in [0.717, 1.165) is 11.6 Å². The number of hydrogen-bond acceptors (Lipinski definition) is 4. The van der Waals surface area contributed by atoms with Gasteiger partial charge in [0.25, 0.3) is 5.91 Å². The van der Waals surface area contributed by atoms with Crippen LogP contribution in [0.25, 0.3) is 11.3 Å². The Bertz CT molecular complexity index is 1040. The fraction of sp³-hybridized carbons (Fsp3) is 0.0500. The van der Waals surface area contributed by atoms with Crippen LogP contribution in [0.4, 0.5) is 14.5 Å². The van der Waals surface area contributed by atoms with Crippen LogP contribution in [0.5, 0.6) is 0 Å². The topological polar surface area (TPSA) is 70.4 Å². The number of hydrazine groups is 1. The maximum atomic E-state index is 14.2. The van der Waals surface area contributed by atoms with Crippen molar-refractivity contribution in [2.24, 2.45) is 0 Å². The van der Waals surface area contributed by atoms with Gasteiger partial charge < -0.3 is 11.1 Å². The Kier molecular flexibility index (Phi) is 3.92. The molecule has 0 aromatic heterocycles. The summed E-state index contributed by atoms with van der Waals surface area (Å²) in [5, 5.41) is 4.50. The highest BCUT2D eigenvalue weighted by Crippen LogP contribution is 2.30. The second-order valence-electron chi connectivity index (χ2n) is 6.28. The maximum Gasteiger partial charge on any atom is 0.273 e. The lowest BCUT2D eigenvalue weighted by molar-refractivity contribution is -0.126. The number of nitrogen functional groups attached to an aromatic ring is 1. The first-order valence-electron chi connectivity index (χ1n) is 8.26. The SMILES string of the molecule is CC1=C(c2ccc(F)cc2F)C=C2NC(c3ccc(N)cc3)=CC(=O)N2N1. The van der Waals surface area contributed by atoms with Gasteiger partial charge in [0.15, 0.2) is 0 Å². The van der Waals surface area contributed by atoms with Gasteiger partial charge in [0.1, 0.15) is 17.5 Å². The molecule has 0 atom stereocenters. The molecule has 2 aromatic rings. The Balaban J connectivity index is 1.73. The molecule has 0 radical (unpaired) electrons. The van der Waals surface area contributed by atoms with Gasteiger partial charge in [0.05, 0.1) is 5.70 Å². The van der Waals surface area contributed by atoms with Gasteiger partial charge in [-0.1, -0.05) is 12.1 Å². The number of benzene rings is 2. The molecule has 0 aliphatic carbocycles. The molecule has 5 nitrogen and oxygen atoms in total. The molecule has 0 saturated heterocycles. The number of rotatable bonds is 2. The summed E-state index contributed by atoms with van der Waals surface area (Å²) in [7, 11) is 0. The van der Waals surface area contributed by atoms with E-state index in [4.69, 9.17) is 5.73 Å². The summed E-state index contributed by atoms with van der Waals surface area (Å²) in [5.41, 5.74) is 12.0. The van der Waals surface area contributed by atoms with Crippen LogP contribution in [0.2, 0.25) is 0 Å². The highest BCUT2D eigenvalue weighted by atomic mass is 19.1. The van der Waals surface area contributed by atoms with Crippen molar-refractivity contribution in [1.29, 1.82) is 0 Å². The molecular formula is C20H16F2N4O. The second-order valence-corrected chi connectivity index (χ2v) is 6.28. The first kappa shape index (κ1) is 16.8. The molecule has 4 N–H and O–H groups in total. The van der Waals surface area contributed by atoms with Gasteiger partial charge in [-0.25, -0.2) is 13.8 Å². The predicted octanol–water partition coefficient (Wildman–Crippen LogP) is 3.11. The molecule has 2 aliphatic heterocycles. The van der Waals surface area contributed by atoms with E-state index in [-0.39, 0.29) is 11.5 Å². The fourth-order valence-corrected chi connectivity index (χ4v) is 3.03. The summed E-state index contributed by atoms with van der Waals surface area (Å²) in [6.07, 6.45) is 3.12. The van der Waals surface area contributed by atoms with E-state index >= 15 is 0 Å². The average Bonchev–Trinajstić information content (AvgIpc) is 2.63. The molecule has 2 aromatic carbocycles. The minimum atomic E-state index is -0.673. The smallest absolute Gasteiger partial charge is 0.273 e. The van der Waals surface area contributed by atoms with Crippen molar-refractivity contribution in [1.82, 2.24) is 15.8 Å². The summed E-state index contributed by atoms with van der Waals surface area (Å²) in [6.45, 7) is 1.72. The number of allylic oxidation sites excluding steroid dienone is 3. The Hall–Kier alpha value is -3.61. The second kappa shape index (κ2) is 6.28. The first-order chi connectivity index (χ1) is 12.9. The molecule has 0 unspecified atom stereocenters. The summed E-state index contributed by atoms with van der Waals surface area (Å²) in [5.74, 6) is -1.15. The van der Waals surface area contributed by atoms with Crippen molar-refractivity contribution < 1.29 is 13.6 Å². The van der Waals surface area contributed by atoms with E-state index in [9.17, 15) is 13.6 Å². The lowest BCUT2D eigenvalue weighted by Gasteiger charge is -2.35. The van der Waals surface area contributed by atoms with Crippen LogP contribution in [0.1, 0.15) is 18.1 Å². The Morgan fingerprint density at radius 1 is 1.04 bits per heavy atom. The van der Waals surface area contributed by atoms with Crippen LogP contribution < -0.4 is 16.5 Å². The number of carbonyl (C=O) groups is 1.